The molecule has 16 heavy (non-hydrogen) atoms. The summed E-state index contributed by atoms with van der Waals surface area (Å²) in [7, 11) is 1.99. The van der Waals surface area contributed by atoms with Crippen molar-refractivity contribution in [1.82, 2.24) is 9.55 Å². The Balaban J connectivity index is 2.27. The second kappa shape index (κ2) is 4.53. The van der Waals surface area contributed by atoms with Crippen molar-refractivity contribution in [2.75, 3.05) is 11.9 Å². The highest BCUT2D eigenvalue weighted by Crippen LogP contribution is 2.18. The standard InChI is InChI=1S/C12H17N3O/c1-9(7-8-16)13-12-14-10-5-3-4-6-11(10)15(12)2/h3-6,9,16H,7-8H2,1-2H3,(H,13,14). The lowest BCUT2D eigenvalue weighted by atomic mass is 10.2. The van der Waals surface area contributed by atoms with Crippen LogP contribution in [0.5, 0.6) is 0 Å². The van der Waals surface area contributed by atoms with Gasteiger partial charge in [-0.25, -0.2) is 4.98 Å². The molecule has 0 aliphatic carbocycles. The molecular weight excluding hydrogens is 202 g/mol. The molecule has 1 aromatic carbocycles. The Morgan fingerprint density at radius 2 is 2.19 bits per heavy atom. The van der Waals surface area contributed by atoms with Gasteiger partial charge in [0.25, 0.3) is 0 Å². The lowest BCUT2D eigenvalue weighted by molar-refractivity contribution is 0.282. The third-order valence-corrected chi connectivity index (χ3v) is 2.72. The summed E-state index contributed by atoms with van der Waals surface area (Å²) in [5.41, 5.74) is 2.10. The predicted octanol–water partition coefficient (Wildman–Crippen LogP) is 1.76. The highest BCUT2D eigenvalue weighted by atomic mass is 16.3. The predicted molar refractivity (Wildman–Crippen MR) is 65.5 cm³/mol. The first kappa shape index (κ1) is 11.0. The first-order valence-corrected chi connectivity index (χ1v) is 5.51. The lowest BCUT2D eigenvalue weighted by Crippen LogP contribution is -2.18. The SMILES string of the molecule is CC(CCO)Nc1nc2ccccc2n1C. The van der Waals surface area contributed by atoms with Crippen LogP contribution < -0.4 is 5.32 Å². The summed E-state index contributed by atoms with van der Waals surface area (Å²) in [5.74, 6) is 0.849. The van der Waals surface area contributed by atoms with E-state index < -0.39 is 0 Å². The Labute approximate surface area is 94.9 Å². The van der Waals surface area contributed by atoms with Gasteiger partial charge in [-0.2, -0.15) is 0 Å². The number of aryl methyl sites for hydroxylation is 1. The zero-order chi connectivity index (χ0) is 11.5. The number of nitrogens with one attached hydrogen (secondary N) is 1. The number of fused-ring (bicyclic) bond motifs is 1. The summed E-state index contributed by atoms with van der Waals surface area (Å²) in [4.78, 5) is 4.50. The van der Waals surface area contributed by atoms with Crippen LogP contribution >= 0.6 is 0 Å². The quantitative estimate of drug-likeness (QED) is 0.823. The first-order valence-electron chi connectivity index (χ1n) is 5.51. The van der Waals surface area contributed by atoms with Gasteiger partial charge < -0.3 is 15.0 Å². The van der Waals surface area contributed by atoms with Gasteiger partial charge in [-0.1, -0.05) is 12.1 Å². The van der Waals surface area contributed by atoms with Gasteiger partial charge in [0.2, 0.25) is 5.95 Å². The van der Waals surface area contributed by atoms with Gasteiger partial charge in [0, 0.05) is 19.7 Å². The van der Waals surface area contributed by atoms with Crippen LogP contribution in [0.4, 0.5) is 5.95 Å². The summed E-state index contributed by atoms with van der Waals surface area (Å²) < 4.78 is 2.03. The van der Waals surface area contributed by atoms with Crippen molar-refractivity contribution in [1.29, 1.82) is 0 Å². The topological polar surface area (TPSA) is 50.1 Å². The summed E-state index contributed by atoms with van der Waals surface area (Å²) in [5, 5.41) is 12.1. The molecule has 0 amide bonds. The van der Waals surface area contributed by atoms with Crippen LogP contribution in [-0.4, -0.2) is 27.3 Å². The fourth-order valence-corrected chi connectivity index (χ4v) is 1.76. The number of benzene rings is 1. The molecule has 2 rings (SSSR count). The minimum absolute atomic E-state index is 0.193. The molecule has 0 spiro atoms. The fourth-order valence-electron chi connectivity index (χ4n) is 1.76. The van der Waals surface area contributed by atoms with E-state index >= 15 is 0 Å². The number of hydrogen-bond acceptors (Lipinski definition) is 3. The van der Waals surface area contributed by atoms with E-state index in [0.717, 1.165) is 23.4 Å². The van der Waals surface area contributed by atoms with E-state index in [2.05, 4.69) is 10.3 Å². The molecule has 4 nitrogen and oxygen atoms in total. The number of nitrogens with zero attached hydrogens (tertiary/aromatic N) is 2. The van der Waals surface area contributed by atoms with Crippen LogP contribution in [-0.2, 0) is 7.05 Å². The molecule has 2 N–H and O–H groups in total. The highest BCUT2D eigenvalue weighted by Gasteiger charge is 2.08. The molecule has 2 aromatic rings. The Morgan fingerprint density at radius 1 is 1.44 bits per heavy atom. The van der Waals surface area contributed by atoms with E-state index in [0.29, 0.717) is 0 Å². The first-order chi connectivity index (χ1) is 7.72. The maximum Gasteiger partial charge on any atom is 0.203 e. The van der Waals surface area contributed by atoms with Gasteiger partial charge in [-0.05, 0) is 25.5 Å². The number of para-hydroxylation sites is 2. The van der Waals surface area contributed by atoms with Gasteiger partial charge >= 0.3 is 0 Å². The second-order valence-electron chi connectivity index (χ2n) is 4.04. The van der Waals surface area contributed by atoms with Gasteiger partial charge in [0.05, 0.1) is 11.0 Å². The molecule has 1 atom stereocenters. The Kier molecular flexibility index (Phi) is 3.10. The third kappa shape index (κ3) is 2.02. The van der Waals surface area contributed by atoms with Crippen molar-refractivity contribution in [2.45, 2.75) is 19.4 Å². The molecule has 1 unspecified atom stereocenters. The lowest BCUT2D eigenvalue weighted by Gasteiger charge is -2.12. The molecule has 0 aliphatic heterocycles. The smallest absolute Gasteiger partial charge is 0.203 e. The van der Waals surface area contributed by atoms with Crippen LogP contribution in [0.25, 0.3) is 11.0 Å². The Hall–Kier alpha value is -1.55. The zero-order valence-electron chi connectivity index (χ0n) is 9.64. The number of aliphatic hydroxyl groups excluding tert-OH is 1. The normalized spacial score (nSPS) is 12.9. The molecule has 0 radical (unpaired) electrons. The minimum atomic E-state index is 0.193. The zero-order valence-corrected chi connectivity index (χ0v) is 9.64. The number of aromatic nitrogens is 2. The molecule has 0 saturated heterocycles. The van der Waals surface area contributed by atoms with Gasteiger partial charge in [-0.3, -0.25) is 0 Å². The molecule has 0 bridgehead atoms. The molecule has 0 fully saturated rings. The van der Waals surface area contributed by atoms with Gasteiger partial charge in [0.15, 0.2) is 0 Å². The van der Waals surface area contributed by atoms with E-state index in [1.807, 2.05) is 42.8 Å². The van der Waals surface area contributed by atoms with Gasteiger partial charge in [-0.15, -0.1) is 0 Å². The minimum Gasteiger partial charge on any atom is -0.396 e. The number of rotatable bonds is 4. The summed E-state index contributed by atoms with van der Waals surface area (Å²) >= 11 is 0. The number of hydrogen-bond donors (Lipinski definition) is 2. The number of aliphatic hydroxyl groups is 1. The van der Waals surface area contributed by atoms with Crippen molar-refractivity contribution < 1.29 is 5.11 Å². The monoisotopic (exact) mass is 219 g/mol. The van der Waals surface area contributed by atoms with Crippen molar-refractivity contribution in [3.63, 3.8) is 0 Å². The van der Waals surface area contributed by atoms with E-state index in [1.54, 1.807) is 0 Å². The Morgan fingerprint density at radius 3 is 2.88 bits per heavy atom. The average Bonchev–Trinajstić information content (AvgIpc) is 2.57. The third-order valence-electron chi connectivity index (χ3n) is 2.72. The van der Waals surface area contributed by atoms with E-state index in [4.69, 9.17) is 5.11 Å². The molecule has 86 valence electrons. The fraction of sp³-hybridized carbons (Fsp3) is 0.417. The van der Waals surface area contributed by atoms with Crippen molar-refractivity contribution in [3.8, 4) is 0 Å². The second-order valence-corrected chi connectivity index (χ2v) is 4.04. The summed E-state index contributed by atoms with van der Waals surface area (Å²) in [6.07, 6.45) is 0.725. The van der Waals surface area contributed by atoms with Crippen molar-refractivity contribution in [3.05, 3.63) is 24.3 Å². The molecule has 0 saturated carbocycles. The van der Waals surface area contributed by atoms with Crippen LogP contribution in [0.2, 0.25) is 0 Å². The molecule has 4 heteroatoms. The molecular formula is C12H17N3O. The summed E-state index contributed by atoms with van der Waals surface area (Å²) in [6, 6.07) is 8.25. The number of anilines is 1. The average molecular weight is 219 g/mol. The van der Waals surface area contributed by atoms with Crippen LogP contribution in [0.1, 0.15) is 13.3 Å². The molecule has 1 heterocycles. The van der Waals surface area contributed by atoms with E-state index in [1.165, 1.54) is 0 Å². The highest BCUT2D eigenvalue weighted by molar-refractivity contribution is 5.78. The molecule has 1 aromatic heterocycles. The van der Waals surface area contributed by atoms with Crippen molar-refractivity contribution >= 4 is 17.0 Å². The maximum absolute atomic E-state index is 8.86. The summed E-state index contributed by atoms with van der Waals surface area (Å²) in [6.45, 7) is 2.23. The van der Waals surface area contributed by atoms with E-state index in [-0.39, 0.29) is 12.6 Å². The van der Waals surface area contributed by atoms with E-state index in [9.17, 15) is 0 Å². The van der Waals surface area contributed by atoms with Gasteiger partial charge in [0.1, 0.15) is 0 Å². The van der Waals surface area contributed by atoms with Crippen molar-refractivity contribution in [2.24, 2.45) is 7.05 Å². The van der Waals surface area contributed by atoms with Crippen LogP contribution in [0.15, 0.2) is 24.3 Å². The maximum atomic E-state index is 8.86. The van der Waals surface area contributed by atoms with Crippen LogP contribution in [0.3, 0.4) is 0 Å². The molecule has 0 aliphatic rings. The van der Waals surface area contributed by atoms with Crippen LogP contribution in [0, 0.1) is 0 Å². The number of imidazole rings is 1. The Bertz CT molecular complexity index is 478. The largest absolute Gasteiger partial charge is 0.396 e.